The maximum atomic E-state index is 12.5. The lowest BCUT2D eigenvalue weighted by Crippen LogP contribution is -2.14. The fourth-order valence-corrected chi connectivity index (χ4v) is 4.53. The molecule has 9 heteroatoms. The number of hydrogen-bond acceptors (Lipinski definition) is 8. The molecule has 0 radical (unpaired) electrons. The van der Waals surface area contributed by atoms with E-state index in [4.69, 9.17) is 23.0 Å². The van der Waals surface area contributed by atoms with Crippen molar-refractivity contribution in [3.8, 4) is 5.75 Å². The number of ether oxygens (including phenoxy) is 2. The number of carbonyl (C=O) groups is 2. The van der Waals surface area contributed by atoms with Crippen LogP contribution in [0.5, 0.6) is 5.75 Å². The van der Waals surface area contributed by atoms with E-state index in [0.717, 1.165) is 29.2 Å². The Kier molecular flexibility index (Phi) is 12.4. The highest BCUT2D eigenvalue weighted by Gasteiger charge is 2.24. The van der Waals surface area contributed by atoms with Crippen molar-refractivity contribution >= 4 is 30.5 Å². The first kappa shape index (κ1) is 29.0. The summed E-state index contributed by atoms with van der Waals surface area (Å²) in [6.45, 7) is 8.15. The Morgan fingerprint density at radius 3 is 2.20 bits per heavy atom. The van der Waals surface area contributed by atoms with Crippen LogP contribution < -0.4 is 4.74 Å². The van der Waals surface area contributed by atoms with Crippen molar-refractivity contribution in [2.24, 2.45) is 0 Å². The molecule has 0 spiro atoms. The molecule has 0 aliphatic carbocycles. The number of hydrogen-bond donors (Lipinski definition) is 0. The van der Waals surface area contributed by atoms with Gasteiger partial charge in [-0.2, -0.15) is 0 Å². The standard InChI is InChI=1S/C26H37O8P/c1-5-8-11-25(27)34-24-15-14-22-18-21(12-13-23(22)19-24)20(4)26(28)30-16-9-10-17-33-35(29,31-6-2)32-7-3/h12-15,18-20H,5-11,16-17H2,1-4H3. The Labute approximate surface area is 207 Å². The van der Waals surface area contributed by atoms with Gasteiger partial charge in [0.25, 0.3) is 0 Å². The third-order valence-corrected chi connectivity index (χ3v) is 6.91. The maximum Gasteiger partial charge on any atom is 0.474 e. The zero-order chi connectivity index (χ0) is 25.7. The zero-order valence-electron chi connectivity index (χ0n) is 21.1. The van der Waals surface area contributed by atoms with E-state index >= 15 is 0 Å². The molecule has 0 aliphatic rings. The summed E-state index contributed by atoms with van der Waals surface area (Å²) < 4.78 is 38.4. The Bertz CT molecular complexity index is 996. The first-order valence-electron chi connectivity index (χ1n) is 12.3. The van der Waals surface area contributed by atoms with Crippen molar-refractivity contribution in [1.29, 1.82) is 0 Å². The zero-order valence-corrected chi connectivity index (χ0v) is 22.0. The van der Waals surface area contributed by atoms with E-state index in [-0.39, 0.29) is 38.4 Å². The summed E-state index contributed by atoms with van der Waals surface area (Å²) in [6.07, 6.45) is 3.26. The molecule has 35 heavy (non-hydrogen) atoms. The third kappa shape index (κ3) is 9.73. The van der Waals surface area contributed by atoms with Crippen molar-refractivity contribution in [2.75, 3.05) is 26.4 Å². The Hall–Kier alpha value is -2.25. The summed E-state index contributed by atoms with van der Waals surface area (Å²) >= 11 is 0. The summed E-state index contributed by atoms with van der Waals surface area (Å²) in [5.74, 6) is -0.468. The second-order valence-corrected chi connectivity index (χ2v) is 9.73. The van der Waals surface area contributed by atoms with Crippen LogP contribution in [0, 0.1) is 0 Å². The molecule has 0 N–H and O–H groups in total. The molecule has 194 valence electrons. The second kappa shape index (κ2) is 15.0. The minimum atomic E-state index is -3.51. The lowest BCUT2D eigenvalue weighted by Gasteiger charge is -2.16. The van der Waals surface area contributed by atoms with Gasteiger partial charge in [-0.15, -0.1) is 0 Å². The minimum absolute atomic E-state index is 0.185. The highest BCUT2D eigenvalue weighted by Crippen LogP contribution is 2.49. The number of phosphoric acid groups is 1. The predicted octanol–water partition coefficient (Wildman–Crippen LogP) is 6.56. The molecule has 2 aromatic rings. The van der Waals surface area contributed by atoms with Gasteiger partial charge >= 0.3 is 19.8 Å². The molecule has 0 saturated carbocycles. The molecule has 2 rings (SSSR count). The van der Waals surface area contributed by atoms with E-state index in [2.05, 4.69) is 0 Å². The van der Waals surface area contributed by atoms with Crippen molar-refractivity contribution in [2.45, 2.75) is 65.7 Å². The normalized spacial score (nSPS) is 12.5. The van der Waals surface area contributed by atoms with Crippen LogP contribution in [0.4, 0.5) is 0 Å². The summed E-state index contributed by atoms with van der Waals surface area (Å²) in [4.78, 5) is 24.4. The molecule has 2 aromatic carbocycles. The Balaban J connectivity index is 1.82. The molecule has 1 atom stereocenters. The van der Waals surface area contributed by atoms with E-state index in [1.54, 1.807) is 26.8 Å². The number of esters is 2. The highest BCUT2D eigenvalue weighted by molar-refractivity contribution is 7.48. The number of unbranched alkanes of at least 4 members (excludes halogenated alkanes) is 2. The van der Waals surface area contributed by atoms with Gasteiger partial charge in [0.2, 0.25) is 0 Å². The van der Waals surface area contributed by atoms with Crippen LogP contribution in [0.3, 0.4) is 0 Å². The molecule has 0 bridgehead atoms. The minimum Gasteiger partial charge on any atom is -0.465 e. The average Bonchev–Trinajstić information content (AvgIpc) is 2.84. The van der Waals surface area contributed by atoms with Crippen molar-refractivity contribution in [1.82, 2.24) is 0 Å². The Morgan fingerprint density at radius 1 is 0.857 bits per heavy atom. The van der Waals surface area contributed by atoms with Crippen molar-refractivity contribution in [3.05, 3.63) is 42.0 Å². The monoisotopic (exact) mass is 508 g/mol. The molecular formula is C26H37O8P. The summed E-state index contributed by atoms with van der Waals surface area (Å²) in [5.41, 5.74) is 0.841. The van der Waals surface area contributed by atoms with Crippen LogP contribution in [0.2, 0.25) is 0 Å². The molecule has 8 nitrogen and oxygen atoms in total. The summed E-state index contributed by atoms with van der Waals surface area (Å²) in [7, 11) is -3.51. The highest BCUT2D eigenvalue weighted by atomic mass is 31.2. The quantitative estimate of drug-likeness (QED) is 0.109. The van der Waals surface area contributed by atoms with Gasteiger partial charge in [-0.3, -0.25) is 23.2 Å². The van der Waals surface area contributed by atoms with Crippen molar-refractivity contribution in [3.63, 3.8) is 0 Å². The number of phosphoric ester groups is 1. The number of benzene rings is 2. The molecule has 0 aromatic heterocycles. The fraction of sp³-hybridized carbons (Fsp3) is 0.538. The molecule has 0 fully saturated rings. The largest absolute Gasteiger partial charge is 0.474 e. The van der Waals surface area contributed by atoms with E-state index in [0.29, 0.717) is 25.0 Å². The third-order valence-electron chi connectivity index (χ3n) is 5.26. The fourth-order valence-electron chi connectivity index (χ4n) is 3.32. The first-order chi connectivity index (χ1) is 16.8. The molecule has 0 heterocycles. The summed E-state index contributed by atoms with van der Waals surface area (Å²) in [5, 5.41) is 1.87. The average molecular weight is 509 g/mol. The lowest BCUT2D eigenvalue weighted by atomic mass is 9.98. The van der Waals surface area contributed by atoms with Crippen LogP contribution in [-0.2, 0) is 32.5 Å². The van der Waals surface area contributed by atoms with Gasteiger partial charge in [0.15, 0.2) is 0 Å². The molecular weight excluding hydrogens is 471 g/mol. The predicted molar refractivity (Wildman–Crippen MR) is 135 cm³/mol. The summed E-state index contributed by atoms with van der Waals surface area (Å²) in [6, 6.07) is 11.2. The van der Waals surface area contributed by atoms with Gasteiger partial charge in [-0.1, -0.05) is 37.6 Å². The van der Waals surface area contributed by atoms with Crippen LogP contribution in [0.25, 0.3) is 10.8 Å². The molecule has 0 saturated heterocycles. The van der Waals surface area contributed by atoms with E-state index < -0.39 is 13.7 Å². The van der Waals surface area contributed by atoms with Gasteiger partial charge in [-0.25, -0.2) is 4.57 Å². The van der Waals surface area contributed by atoms with Gasteiger partial charge in [-0.05, 0) is 68.5 Å². The maximum absolute atomic E-state index is 12.5. The molecule has 0 aliphatic heterocycles. The van der Waals surface area contributed by atoms with Gasteiger partial charge in [0.05, 0.1) is 32.3 Å². The molecule has 1 unspecified atom stereocenters. The molecule has 0 amide bonds. The number of carbonyl (C=O) groups excluding carboxylic acids is 2. The topological polar surface area (TPSA) is 97.4 Å². The van der Waals surface area contributed by atoms with Crippen LogP contribution in [0.15, 0.2) is 36.4 Å². The van der Waals surface area contributed by atoms with Crippen LogP contribution in [0.1, 0.15) is 71.3 Å². The van der Waals surface area contributed by atoms with Crippen LogP contribution in [-0.4, -0.2) is 38.4 Å². The van der Waals surface area contributed by atoms with Gasteiger partial charge in [0, 0.05) is 6.42 Å². The van der Waals surface area contributed by atoms with E-state index in [1.165, 1.54) is 0 Å². The Morgan fingerprint density at radius 2 is 1.51 bits per heavy atom. The van der Waals surface area contributed by atoms with Crippen molar-refractivity contribution < 1.29 is 37.2 Å². The number of fused-ring (bicyclic) bond motifs is 1. The van der Waals surface area contributed by atoms with Gasteiger partial charge in [0.1, 0.15) is 5.75 Å². The first-order valence-corrected chi connectivity index (χ1v) is 13.7. The van der Waals surface area contributed by atoms with E-state index in [9.17, 15) is 14.2 Å². The number of rotatable bonds is 16. The SMILES string of the molecule is CCCCC(=O)Oc1ccc2cc(C(C)C(=O)OCCCCOP(=O)(OCC)OCC)ccc2c1. The van der Waals surface area contributed by atoms with Gasteiger partial charge < -0.3 is 9.47 Å². The second-order valence-electron chi connectivity index (χ2n) is 8.06. The van der Waals surface area contributed by atoms with E-state index in [1.807, 2.05) is 37.3 Å². The smallest absolute Gasteiger partial charge is 0.465 e. The van der Waals surface area contributed by atoms with Crippen LogP contribution >= 0.6 is 7.82 Å². The lowest BCUT2D eigenvalue weighted by molar-refractivity contribution is -0.145.